The summed E-state index contributed by atoms with van der Waals surface area (Å²) in [5, 5.41) is 40.5. The Morgan fingerprint density at radius 3 is 1.87 bits per heavy atom. The van der Waals surface area contributed by atoms with E-state index in [1.165, 1.54) is 42.5 Å². The lowest BCUT2D eigenvalue weighted by Crippen LogP contribution is -2.58. The first-order chi connectivity index (χ1) is 25.2. The fourth-order valence-electron chi connectivity index (χ4n) is 5.25. The molecular weight excluding hydrogens is 692 g/mol. The molecule has 0 radical (unpaired) electrons. The molecule has 3 aromatic rings. The van der Waals surface area contributed by atoms with Gasteiger partial charge >= 0.3 is 11.9 Å². The summed E-state index contributed by atoms with van der Waals surface area (Å²) in [6, 6.07) is 16.2. The number of para-hydroxylation sites is 1. The van der Waals surface area contributed by atoms with E-state index >= 15 is 0 Å². The highest BCUT2D eigenvalue weighted by atomic mass is 16.6. The second-order valence-corrected chi connectivity index (χ2v) is 12.4. The van der Waals surface area contributed by atoms with Crippen molar-refractivity contribution >= 4 is 41.3 Å². The number of benzene rings is 3. The van der Waals surface area contributed by atoms with Crippen molar-refractivity contribution in [2.45, 2.75) is 57.3 Å². The molecule has 0 aliphatic heterocycles. The van der Waals surface area contributed by atoms with E-state index in [2.05, 4.69) is 21.3 Å². The van der Waals surface area contributed by atoms with Crippen LogP contribution in [0, 0.1) is 16.0 Å². The molecule has 4 atom stereocenters. The smallest absolute Gasteiger partial charge is 0.349 e. The molecule has 3 rings (SSSR count). The summed E-state index contributed by atoms with van der Waals surface area (Å²) in [4.78, 5) is 86.6. The number of nitro groups is 1. The molecule has 17 heteroatoms. The second-order valence-electron chi connectivity index (χ2n) is 12.4. The van der Waals surface area contributed by atoms with Gasteiger partial charge in [0.15, 0.2) is 0 Å². The average molecular weight is 735 g/mol. The number of nitrogens with two attached hydrogens (primary N) is 1. The van der Waals surface area contributed by atoms with E-state index in [9.17, 15) is 44.0 Å². The molecule has 4 amide bonds. The van der Waals surface area contributed by atoms with Gasteiger partial charge in [-0.25, -0.2) is 4.79 Å². The first-order valence-corrected chi connectivity index (χ1v) is 16.5. The first kappa shape index (κ1) is 41.1. The van der Waals surface area contributed by atoms with Crippen molar-refractivity contribution in [1.29, 1.82) is 0 Å². The third-order valence-corrected chi connectivity index (χ3v) is 7.76. The number of carboxylic acid groups (broad SMARTS) is 2. The van der Waals surface area contributed by atoms with Crippen LogP contribution in [0.5, 0.6) is 5.75 Å². The zero-order chi connectivity index (χ0) is 39.1. The van der Waals surface area contributed by atoms with Crippen molar-refractivity contribution in [3.63, 3.8) is 0 Å². The highest BCUT2D eigenvalue weighted by Gasteiger charge is 2.32. The third kappa shape index (κ3) is 13.0. The van der Waals surface area contributed by atoms with E-state index in [1.54, 1.807) is 30.3 Å². The summed E-state index contributed by atoms with van der Waals surface area (Å²) in [7, 11) is 0. The maximum absolute atomic E-state index is 13.7. The number of amides is 4. The molecule has 1 unspecified atom stereocenters. The summed E-state index contributed by atoms with van der Waals surface area (Å²) in [5.74, 6) is -5.73. The minimum absolute atomic E-state index is 0.0294. The standard InChI is InChI=1S/C36H42N6O11/c1-21(2)16-26(40-35(48)28(39-30(43)19-37)17-22-8-4-3-5-9-22)34(47)41-27(33(46)38-20-31(44)45)18-23-12-14-24(15-13-23)53-32(36(49)50)25-10-6-7-11-29(25)42(51)52/h3-15,21,26-28,32H,16-20,37H2,1-2H3,(H,38,46)(H,39,43)(H,40,48)(H,41,47)(H,44,45)(H,49,50)/t26-,27+,28-,32?/m0/s1. The van der Waals surface area contributed by atoms with Gasteiger partial charge < -0.3 is 42.0 Å². The fraction of sp³-hybridized carbons (Fsp3) is 0.333. The Kier molecular flexibility index (Phi) is 15.4. The molecule has 17 nitrogen and oxygen atoms in total. The predicted molar refractivity (Wildman–Crippen MR) is 189 cm³/mol. The Labute approximate surface area is 304 Å². The highest BCUT2D eigenvalue weighted by molar-refractivity contribution is 5.95. The van der Waals surface area contributed by atoms with Crippen LogP contribution in [0.15, 0.2) is 78.9 Å². The quantitative estimate of drug-likeness (QED) is 0.0639. The largest absolute Gasteiger partial charge is 0.480 e. The summed E-state index contributed by atoms with van der Waals surface area (Å²) < 4.78 is 5.59. The van der Waals surface area contributed by atoms with E-state index in [0.717, 1.165) is 11.6 Å². The topological polar surface area (TPSA) is 269 Å². The first-order valence-electron chi connectivity index (χ1n) is 16.5. The molecule has 53 heavy (non-hydrogen) atoms. The number of carbonyl (C=O) groups excluding carboxylic acids is 4. The second kappa shape index (κ2) is 19.9. The summed E-state index contributed by atoms with van der Waals surface area (Å²) in [5.41, 5.74) is 6.01. The van der Waals surface area contributed by atoms with Gasteiger partial charge in [0.2, 0.25) is 29.7 Å². The summed E-state index contributed by atoms with van der Waals surface area (Å²) in [6.45, 7) is 2.52. The van der Waals surface area contributed by atoms with Crippen molar-refractivity contribution in [3.8, 4) is 5.75 Å². The molecule has 0 bridgehead atoms. The normalized spacial score (nSPS) is 13.1. The number of hydrogen-bond donors (Lipinski definition) is 7. The number of carboxylic acids is 2. The molecule has 0 aliphatic carbocycles. The number of nitrogens with zero attached hydrogens (tertiary/aromatic N) is 1. The van der Waals surface area contributed by atoms with Crippen LogP contribution in [-0.2, 0) is 41.6 Å². The van der Waals surface area contributed by atoms with Crippen molar-refractivity contribution in [2.75, 3.05) is 13.1 Å². The average Bonchev–Trinajstić information content (AvgIpc) is 3.12. The zero-order valence-corrected chi connectivity index (χ0v) is 29.0. The number of carbonyl (C=O) groups is 6. The maximum atomic E-state index is 13.7. The molecule has 0 saturated carbocycles. The van der Waals surface area contributed by atoms with E-state index in [0.29, 0.717) is 5.56 Å². The number of rotatable bonds is 20. The van der Waals surface area contributed by atoms with Crippen LogP contribution in [0.2, 0.25) is 0 Å². The SMILES string of the molecule is CC(C)C[C@H](NC(=O)[C@H](Cc1ccccc1)NC(=O)CN)C(=O)N[C@H](Cc1ccc(OC(C(=O)O)c2ccccc2[N+](=O)[O-])cc1)C(=O)NCC(=O)O. The summed E-state index contributed by atoms with van der Waals surface area (Å²) >= 11 is 0. The van der Waals surface area contributed by atoms with E-state index < -0.39 is 77.0 Å². The molecular formula is C36H42N6O11. The van der Waals surface area contributed by atoms with E-state index in [-0.39, 0.29) is 43.0 Å². The van der Waals surface area contributed by atoms with Crippen LogP contribution in [0.25, 0.3) is 0 Å². The van der Waals surface area contributed by atoms with Gasteiger partial charge in [-0.3, -0.25) is 34.1 Å². The van der Waals surface area contributed by atoms with Crippen molar-refractivity contribution in [3.05, 3.63) is 106 Å². The Morgan fingerprint density at radius 1 is 0.755 bits per heavy atom. The minimum atomic E-state index is -1.72. The molecule has 8 N–H and O–H groups in total. The Balaban J connectivity index is 1.83. The van der Waals surface area contributed by atoms with Gasteiger partial charge in [0.1, 0.15) is 30.4 Å². The highest BCUT2D eigenvalue weighted by Crippen LogP contribution is 2.29. The number of nitrogens with one attached hydrogen (secondary N) is 4. The molecule has 0 fully saturated rings. The molecule has 3 aromatic carbocycles. The summed E-state index contributed by atoms with van der Waals surface area (Å²) in [6.07, 6.45) is -1.65. The molecule has 282 valence electrons. The van der Waals surface area contributed by atoms with Crippen LogP contribution in [-0.4, -0.2) is 81.9 Å². The molecule has 0 aliphatic rings. The van der Waals surface area contributed by atoms with Crippen molar-refractivity contribution < 1.29 is 48.6 Å². The fourth-order valence-corrected chi connectivity index (χ4v) is 5.25. The van der Waals surface area contributed by atoms with Crippen LogP contribution in [0.4, 0.5) is 5.69 Å². The van der Waals surface area contributed by atoms with Gasteiger partial charge in [-0.15, -0.1) is 0 Å². The number of nitro benzene ring substituents is 1. The molecule has 0 saturated heterocycles. The van der Waals surface area contributed by atoms with Gasteiger partial charge in [-0.2, -0.15) is 0 Å². The minimum Gasteiger partial charge on any atom is -0.480 e. The predicted octanol–water partition coefficient (Wildman–Crippen LogP) is 1.24. The van der Waals surface area contributed by atoms with Gasteiger partial charge in [-0.1, -0.05) is 68.4 Å². The van der Waals surface area contributed by atoms with Crippen LogP contribution in [0.3, 0.4) is 0 Å². The lowest BCUT2D eigenvalue weighted by molar-refractivity contribution is -0.386. The van der Waals surface area contributed by atoms with E-state index in [4.69, 9.17) is 15.6 Å². The number of hydrogen-bond acceptors (Lipinski definition) is 10. The third-order valence-electron chi connectivity index (χ3n) is 7.76. The van der Waals surface area contributed by atoms with Crippen LogP contribution in [0.1, 0.15) is 43.1 Å². The van der Waals surface area contributed by atoms with Gasteiger partial charge in [0, 0.05) is 18.9 Å². The molecule has 0 aromatic heterocycles. The Bertz CT molecular complexity index is 1770. The lowest BCUT2D eigenvalue weighted by Gasteiger charge is -2.26. The van der Waals surface area contributed by atoms with Crippen molar-refractivity contribution in [1.82, 2.24) is 21.3 Å². The Hall–Kier alpha value is -6.36. The number of aliphatic carboxylic acids is 2. The monoisotopic (exact) mass is 734 g/mol. The van der Waals surface area contributed by atoms with E-state index in [1.807, 2.05) is 13.8 Å². The molecule has 0 spiro atoms. The van der Waals surface area contributed by atoms with Gasteiger partial charge in [-0.05, 0) is 41.7 Å². The molecule has 0 heterocycles. The van der Waals surface area contributed by atoms with Crippen LogP contribution >= 0.6 is 0 Å². The van der Waals surface area contributed by atoms with Gasteiger partial charge in [0.05, 0.1) is 17.0 Å². The van der Waals surface area contributed by atoms with Crippen LogP contribution < -0.4 is 31.7 Å². The Morgan fingerprint density at radius 2 is 1.30 bits per heavy atom. The van der Waals surface area contributed by atoms with Crippen molar-refractivity contribution in [2.24, 2.45) is 11.7 Å². The number of ether oxygens (including phenoxy) is 1. The zero-order valence-electron chi connectivity index (χ0n) is 29.0. The maximum Gasteiger partial charge on any atom is 0.349 e. The van der Waals surface area contributed by atoms with Gasteiger partial charge in [0.25, 0.3) is 5.69 Å². The lowest BCUT2D eigenvalue weighted by atomic mass is 9.99.